The van der Waals surface area contributed by atoms with Gasteiger partial charge in [0.25, 0.3) is 5.91 Å². The van der Waals surface area contributed by atoms with Gasteiger partial charge in [0.05, 0.1) is 24.7 Å². The average molecular weight is 422 g/mol. The standard InChI is InChI=1S/C19H22N2O7S/c1-21(2)29(24,25)17-7-5-6-13(8-17)19(23)28-12-18(22)20-14-9-15(26-3)11-16(10-14)27-4/h5-11H,12H2,1-4H3,(H,20,22). The summed E-state index contributed by atoms with van der Waals surface area (Å²) in [6.45, 7) is -0.553. The molecule has 10 heteroatoms. The topological polar surface area (TPSA) is 111 Å². The molecule has 2 rings (SSSR count). The quantitative estimate of drug-likeness (QED) is 0.645. The zero-order valence-corrected chi connectivity index (χ0v) is 17.3. The van der Waals surface area contributed by atoms with Crippen LogP contribution in [-0.2, 0) is 19.6 Å². The number of hydrogen-bond acceptors (Lipinski definition) is 7. The van der Waals surface area contributed by atoms with Crippen LogP contribution >= 0.6 is 0 Å². The van der Waals surface area contributed by atoms with E-state index in [1.807, 2.05) is 0 Å². The van der Waals surface area contributed by atoms with Gasteiger partial charge in [-0.25, -0.2) is 17.5 Å². The summed E-state index contributed by atoms with van der Waals surface area (Å²) in [5.41, 5.74) is 0.421. The number of ether oxygens (including phenoxy) is 3. The number of anilines is 1. The Morgan fingerprint density at radius 2 is 1.62 bits per heavy atom. The van der Waals surface area contributed by atoms with E-state index >= 15 is 0 Å². The van der Waals surface area contributed by atoms with Crippen molar-refractivity contribution < 1.29 is 32.2 Å². The van der Waals surface area contributed by atoms with E-state index in [1.54, 1.807) is 18.2 Å². The molecule has 29 heavy (non-hydrogen) atoms. The minimum absolute atomic E-state index is 0.0174. The lowest BCUT2D eigenvalue weighted by molar-refractivity contribution is -0.119. The van der Waals surface area contributed by atoms with E-state index in [-0.39, 0.29) is 10.5 Å². The minimum atomic E-state index is -3.70. The number of amides is 1. The molecule has 2 aromatic carbocycles. The fourth-order valence-electron chi connectivity index (χ4n) is 2.29. The number of carbonyl (C=O) groups excluding carboxylic acids is 2. The number of nitrogens with zero attached hydrogens (tertiary/aromatic N) is 1. The van der Waals surface area contributed by atoms with Gasteiger partial charge in [-0.3, -0.25) is 4.79 Å². The van der Waals surface area contributed by atoms with E-state index in [4.69, 9.17) is 14.2 Å². The van der Waals surface area contributed by atoms with Gasteiger partial charge in [0.15, 0.2) is 6.61 Å². The van der Waals surface area contributed by atoms with Gasteiger partial charge in [0, 0.05) is 38.0 Å². The van der Waals surface area contributed by atoms with E-state index in [9.17, 15) is 18.0 Å². The molecule has 1 amide bonds. The summed E-state index contributed by atoms with van der Waals surface area (Å²) in [6.07, 6.45) is 0. The summed E-state index contributed by atoms with van der Waals surface area (Å²) < 4.78 is 40.6. The molecule has 0 unspecified atom stereocenters. The highest BCUT2D eigenvalue weighted by atomic mass is 32.2. The van der Waals surface area contributed by atoms with Crippen LogP contribution in [-0.4, -0.2) is 59.5 Å². The molecule has 0 aliphatic carbocycles. The number of nitrogens with one attached hydrogen (secondary N) is 1. The Labute approximate surface area is 169 Å². The van der Waals surface area contributed by atoms with Crippen LogP contribution in [0.2, 0.25) is 0 Å². The van der Waals surface area contributed by atoms with Crippen LogP contribution in [0.25, 0.3) is 0 Å². The van der Waals surface area contributed by atoms with Crippen molar-refractivity contribution >= 4 is 27.6 Å². The van der Waals surface area contributed by atoms with E-state index in [1.165, 1.54) is 52.6 Å². The second-order valence-electron chi connectivity index (χ2n) is 6.04. The molecule has 9 nitrogen and oxygen atoms in total. The van der Waals surface area contributed by atoms with Gasteiger partial charge in [-0.05, 0) is 18.2 Å². The summed E-state index contributed by atoms with van der Waals surface area (Å²) in [5, 5.41) is 2.57. The van der Waals surface area contributed by atoms with Crippen LogP contribution in [0.4, 0.5) is 5.69 Å². The Hall–Kier alpha value is -3.11. The van der Waals surface area contributed by atoms with Crippen LogP contribution in [0.5, 0.6) is 11.5 Å². The summed E-state index contributed by atoms with van der Waals surface area (Å²) in [7, 11) is 2.04. The molecular weight excluding hydrogens is 400 g/mol. The molecule has 0 fully saturated rings. The molecule has 0 heterocycles. The Bertz CT molecular complexity index is 981. The summed E-state index contributed by atoms with van der Waals surface area (Å²) >= 11 is 0. The Kier molecular flexibility index (Phi) is 7.18. The third-order valence-electron chi connectivity index (χ3n) is 3.82. The summed E-state index contributed by atoms with van der Waals surface area (Å²) in [4.78, 5) is 24.2. The number of esters is 1. The Morgan fingerprint density at radius 1 is 1.00 bits per heavy atom. The largest absolute Gasteiger partial charge is 0.497 e. The predicted molar refractivity (Wildman–Crippen MR) is 106 cm³/mol. The lowest BCUT2D eigenvalue weighted by Gasteiger charge is -2.12. The molecular formula is C19H22N2O7S. The van der Waals surface area contributed by atoms with Crippen LogP contribution in [0.1, 0.15) is 10.4 Å². The fraction of sp³-hybridized carbons (Fsp3) is 0.263. The molecule has 2 aromatic rings. The molecule has 0 saturated heterocycles. The first-order valence-electron chi connectivity index (χ1n) is 8.40. The van der Waals surface area contributed by atoms with Crippen molar-refractivity contribution in [1.82, 2.24) is 4.31 Å². The van der Waals surface area contributed by atoms with Crippen LogP contribution in [0, 0.1) is 0 Å². The molecule has 0 radical (unpaired) electrons. The van der Waals surface area contributed by atoms with Gasteiger partial charge in [-0.15, -0.1) is 0 Å². The van der Waals surface area contributed by atoms with Crippen molar-refractivity contribution in [3.05, 3.63) is 48.0 Å². The molecule has 0 atom stereocenters. The number of methoxy groups -OCH3 is 2. The normalized spacial score (nSPS) is 11.1. The second kappa shape index (κ2) is 9.39. The maximum Gasteiger partial charge on any atom is 0.338 e. The zero-order chi connectivity index (χ0) is 21.6. The highest BCUT2D eigenvalue weighted by Crippen LogP contribution is 2.25. The number of sulfonamides is 1. The first-order chi connectivity index (χ1) is 13.7. The zero-order valence-electron chi connectivity index (χ0n) is 16.5. The second-order valence-corrected chi connectivity index (χ2v) is 8.19. The number of carbonyl (C=O) groups is 2. The van der Waals surface area contributed by atoms with Crippen LogP contribution in [0.15, 0.2) is 47.4 Å². The van der Waals surface area contributed by atoms with Crippen LogP contribution < -0.4 is 14.8 Å². The maximum absolute atomic E-state index is 12.2. The van der Waals surface area contributed by atoms with E-state index < -0.39 is 28.5 Å². The molecule has 156 valence electrons. The van der Waals surface area contributed by atoms with E-state index in [2.05, 4.69) is 5.32 Å². The molecule has 0 aliphatic heterocycles. The molecule has 0 bridgehead atoms. The van der Waals surface area contributed by atoms with Crippen molar-refractivity contribution in [3.63, 3.8) is 0 Å². The smallest absolute Gasteiger partial charge is 0.338 e. The van der Waals surface area contributed by atoms with Gasteiger partial charge < -0.3 is 19.5 Å². The number of rotatable bonds is 8. The van der Waals surface area contributed by atoms with Gasteiger partial charge in [0.1, 0.15) is 11.5 Å². The first-order valence-corrected chi connectivity index (χ1v) is 9.84. The van der Waals surface area contributed by atoms with Crippen molar-refractivity contribution in [2.24, 2.45) is 0 Å². The molecule has 0 aromatic heterocycles. The summed E-state index contributed by atoms with van der Waals surface area (Å²) in [6, 6.07) is 10.2. The summed E-state index contributed by atoms with van der Waals surface area (Å²) in [5.74, 6) is -0.434. The lowest BCUT2D eigenvalue weighted by Crippen LogP contribution is -2.23. The predicted octanol–water partition coefficient (Wildman–Crippen LogP) is 1.75. The van der Waals surface area contributed by atoms with Crippen molar-refractivity contribution in [1.29, 1.82) is 0 Å². The molecule has 0 spiro atoms. The highest BCUT2D eigenvalue weighted by molar-refractivity contribution is 7.89. The van der Waals surface area contributed by atoms with Crippen LogP contribution in [0.3, 0.4) is 0 Å². The number of benzene rings is 2. The molecule has 0 saturated carbocycles. The van der Waals surface area contributed by atoms with E-state index in [0.717, 1.165) is 4.31 Å². The first kappa shape index (κ1) is 22.2. The monoisotopic (exact) mass is 422 g/mol. The van der Waals surface area contributed by atoms with Gasteiger partial charge >= 0.3 is 5.97 Å². The Balaban J connectivity index is 2.03. The highest BCUT2D eigenvalue weighted by Gasteiger charge is 2.19. The van der Waals surface area contributed by atoms with Crippen molar-refractivity contribution in [2.45, 2.75) is 4.90 Å². The van der Waals surface area contributed by atoms with Crippen molar-refractivity contribution in [2.75, 3.05) is 40.2 Å². The van der Waals surface area contributed by atoms with Gasteiger partial charge in [0.2, 0.25) is 10.0 Å². The Morgan fingerprint density at radius 3 is 2.17 bits per heavy atom. The van der Waals surface area contributed by atoms with Gasteiger partial charge in [-0.1, -0.05) is 6.07 Å². The lowest BCUT2D eigenvalue weighted by atomic mass is 10.2. The third-order valence-corrected chi connectivity index (χ3v) is 5.63. The molecule has 1 N–H and O–H groups in total. The maximum atomic E-state index is 12.2. The SMILES string of the molecule is COc1cc(NC(=O)COC(=O)c2cccc(S(=O)(=O)N(C)C)c2)cc(OC)c1. The minimum Gasteiger partial charge on any atom is -0.497 e. The number of hydrogen-bond donors (Lipinski definition) is 1. The molecule has 0 aliphatic rings. The third kappa shape index (κ3) is 5.69. The average Bonchev–Trinajstić information content (AvgIpc) is 2.71. The van der Waals surface area contributed by atoms with Gasteiger partial charge in [-0.2, -0.15) is 0 Å². The van der Waals surface area contributed by atoms with Crippen molar-refractivity contribution in [3.8, 4) is 11.5 Å². The fourth-order valence-corrected chi connectivity index (χ4v) is 3.23. The van der Waals surface area contributed by atoms with E-state index in [0.29, 0.717) is 17.2 Å².